The van der Waals surface area contributed by atoms with Crippen molar-refractivity contribution in [3.05, 3.63) is 30.5 Å². The number of phenolic OH excluding ortho intramolecular Hbond substituents is 1. The molecule has 0 fully saturated rings. The second-order valence-electron chi connectivity index (χ2n) is 2.83. The Morgan fingerprint density at radius 2 is 2.23 bits per heavy atom. The first-order chi connectivity index (χ1) is 6.25. The predicted molar refractivity (Wildman–Crippen MR) is 48.1 cm³/mol. The Kier molecular flexibility index (Phi) is 1.73. The minimum Gasteiger partial charge on any atom is -0.508 e. The van der Waals surface area contributed by atoms with Crippen LogP contribution in [0.2, 0.25) is 0 Å². The Hall–Kier alpha value is -1.84. The molecule has 0 aliphatic carbocycles. The number of rotatable bonds is 1. The number of hydrogen-bond donors (Lipinski definition) is 1. The zero-order valence-corrected chi connectivity index (χ0v) is 7.18. The van der Waals surface area contributed by atoms with Crippen LogP contribution < -0.4 is 0 Å². The van der Waals surface area contributed by atoms with Crippen molar-refractivity contribution in [2.45, 2.75) is 0 Å². The fourth-order valence-corrected chi connectivity index (χ4v) is 1.14. The van der Waals surface area contributed by atoms with Gasteiger partial charge in [-0.25, -0.2) is 0 Å². The van der Waals surface area contributed by atoms with Crippen molar-refractivity contribution in [2.75, 3.05) is 0 Å². The third-order valence-corrected chi connectivity index (χ3v) is 1.74. The van der Waals surface area contributed by atoms with Crippen molar-refractivity contribution in [3.63, 3.8) is 0 Å². The lowest BCUT2D eigenvalue weighted by atomic mass is 10.2. The van der Waals surface area contributed by atoms with Crippen molar-refractivity contribution in [1.29, 1.82) is 0 Å². The van der Waals surface area contributed by atoms with E-state index in [2.05, 4.69) is 10.3 Å². The number of aromatic hydroxyl groups is 1. The zero-order chi connectivity index (χ0) is 9.26. The molecule has 0 bridgehead atoms. The zero-order valence-electron chi connectivity index (χ0n) is 7.18. The molecule has 4 nitrogen and oxygen atoms in total. The fourth-order valence-electron chi connectivity index (χ4n) is 1.14. The van der Waals surface area contributed by atoms with E-state index in [0.29, 0.717) is 0 Å². The predicted octanol–water partition coefficient (Wildman–Crippen LogP) is 1.19. The number of aromatic nitrogens is 3. The molecule has 0 saturated heterocycles. The summed E-state index contributed by atoms with van der Waals surface area (Å²) in [6.07, 6.45) is 1.80. The molecule has 13 heavy (non-hydrogen) atoms. The van der Waals surface area contributed by atoms with Crippen LogP contribution in [0.25, 0.3) is 11.3 Å². The number of aryl methyl sites for hydroxylation is 1. The van der Waals surface area contributed by atoms with Gasteiger partial charge in [-0.1, -0.05) is 17.3 Å². The third kappa shape index (κ3) is 1.51. The molecule has 66 valence electrons. The second kappa shape index (κ2) is 2.90. The Bertz CT molecular complexity index is 422. The summed E-state index contributed by atoms with van der Waals surface area (Å²) in [5.41, 5.74) is 1.63. The van der Waals surface area contributed by atoms with E-state index in [9.17, 15) is 5.11 Å². The molecule has 0 radical (unpaired) electrons. The van der Waals surface area contributed by atoms with Gasteiger partial charge in [0.15, 0.2) is 0 Å². The summed E-state index contributed by atoms with van der Waals surface area (Å²) in [4.78, 5) is 0. The summed E-state index contributed by atoms with van der Waals surface area (Å²) >= 11 is 0. The van der Waals surface area contributed by atoms with Crippen molar-refractivity contribution >= 4 is 0 Å². The summed E-state index contributed by atoms with van der Waals surface area (Å²) < 4.78 is 1.62. The molecule has 0 amide bonds. The molecule has 4 heteroatoms. The summed E-state index contributed by atoms with van der Waals surface area (Å²) in [6, 6.07) is 6.94. The summed E-state index contributed by atoms with van der Waals surface area (Å²) in [7, 11) is 1.80. The molecule has 0 unspecified atom stereocenters. The van der Waals surface area contributed by atoms with Crippen LogP contribution in [0.1, 0.15) is 0 Å². The first-order valence-electron chi connectivity index (χ1n) is 3.91. The van der Waals surface area contributed by atoms with Gasteiger partial charge in [-0.2, -0.15) is 0 Å². The van der Waals surface area contributed by atoms with Gasteiger partial charge in [0.25, 0.3) is 0 Å². The van der Waals surface area contributed by atoms with E-state index in [1.807, 2.05) is 6.07 Å². The van der Waals surface area contributed by atoms with Gasteiger partial charge in [-0.05, 0) is 12.1 Å². The average molecular weight is 175 g/mol. The highest BCUT2D eigenvalue weighted by Crippen LogP contribution is 2.20. The summed E-state index contributed by atoms with van der Waals surface area (Å²) in [6.45, 7) is 0. The van der Waals surface area contributed by atoms with E-state index in [1.54, 1.807) is 36.1 Å². The van der Waals surface area contributed by atoms with Gasteiger partial charge < -0.3 is 5.11 Å². The molecule has 0 aliphatic heterocycles. The molecule has 1 heterocycles. The molecular formula is C9H9N3O. The molecule has 0 spiro atoms. The Morgan fingerprint density at radius 3 is 2.85 bits per heavy atom. The highest BCUT2D eigenvalue weighted by Gasteiger charge is 2.01. The minimum absolute atomic E-state index is 0.239. The van der Waals surface area contributed by atoms with Gasteiger partial charge in [0.05, 0.1) is 6.20 Å². The van der Waals surface area contributed by atoms with Crippen LogP contribution >= 0.6 is 0 Å². The van der Waals surface area contributed by atoms with Crippen LogP contribution in [0.3, 0.4) is 0 Å². The lowest BCUT2D eigenvalue weighted by molar-refractivity contribution is 0.475. The lowest BCUT2D eigenvalue weighted by Crippen LogP contribution is -1.85. The second-order valence-corrected chi connectivity index (χ2v) is 2.83. The maximum Gasteiger partial charge on any atom is 0.116 e. The van der Waals surface area contributed by atoms with Crippen LogP contribution in [0.4, 0.5) is 0 Å². The van der Waals surface area contributed by atoms with Gasteiger partial charge in [0.1, 0.15) is 11.4 Å². The molecule has 0 saturated carbocycles. The van der Waals surface area contributed by atoms with Gasteiger partial charge in [-0.3, -0.25) is 4.68 Å². The van der Waals surface area contributed by atoms with Crippen molar-refractivity contribution in [2.24, 2.45) is 7.05 Å². The largest absolute Gasteiger partial charge is 0.508 e. The maximum absolute atomic E-state index is 9.23. The van der Waals surface area contributed by atoms with Crippen LogP contribution in [-0.4, -0.2) is 20.1 Å². The van der Waals surface area contributed by atoms with E-state index in [1.165, 1.54) is 0 Å². The Labute approximate surface area is 75.4 Å². The lowest BCUT2D eigenvalue weighted by Gasteiger charge is -1.95. The topological polar surface area (TPSA) is 50.9 Å². The van der Waals surface area contributed by atoms with Gasteiger partial charge in [0.2, 0.25) is 0 Å². The monoisotopic (exact) mass is 175 g/mol. The number of hydrogen-bond acceptors (Lipinski definition) is 3. The minimum atomic E-state index is 0.239. The summed E-state index contributed by atoms with van der Waals surface area (Å²) in [5, 5.41) is 17.0. The number of benzene rings is 1. The highest BCUT2D eigenvalue weighted by molar-refractivity contribution is 5.59. The fraction of sp³-hybridized carbons (Fsp3) is 0.111. The first-order valence-corrected chi connectivity index (χ1v) is 3.91. The molecule has 1 N–H and O–H groups in total. The maximum atomic E-state index is 9.23. The van der Waals surface area contributed by atoms with E-state index in [-0.39, 0.29) is 5.75 Å². The van der Waals surface area contributed by atoms with E-state index in [4.69, 9.17) is 0 Å². The van der Waals surface area contributed by atoms with Crippen molar-refractivity contribution in [1.82, 2.24) is 15.0 Å². The normalized spacial score (nSPS) is 10.2. The van der Waals surface area contributed by atoms with E-state index >= 15 is 0 Å². The Balaban J connectivity index is 2.46. The van der Waals surface area contributed by atoms with Gasteiger partial charge >= 0.3 is 0 Å². The molecule has 1 aromatic heterocycles. The Morgan fingerprint density at radius 1 is 1.38 bits per heavy atom. The van der Waals surface area contributed by atoms with Crippen molar-refractivity contribution < 1.29 is 5.11 Å². The number of phenols is 1. The van der Waals surface area contributed by atoms with E-state index in [0.717, 1.165) is 11.3 Å². The first kappa shape index (κ1) is 7.79. The van der Waals surface area contributed by atoms with Gasteiger partial charge in [-0.15, -0.1) is 5.10 Å². The summed E-state index contributed by atoms with van der Waals surface area (Å²) in [5.74, 6) is 0.239. The average Bonchev–Trinajstić information content (AvgIpc) is 2.52. The molecule has 1 aromatic carbocycles. The van der Waals surface area contributed by atoms with Crippen LogP contribution in [0.5, 0.6) is 5.75 Å². The molecule has 0 aliphatic rings. The smallest absolute Gasteiger partial charge is 0.116 e. The van der Waals surface area contributed by atoms with E-state index < -0.39 is 0 Å². The van der Waals surface area contributed by atoms with Crippen LogP contribution in [0.15, 0.2) is 30.5 Å². The molecule has 0 atom stereocenters. The number of nitrogens with zero attached hydrogens (tertiary/aromatic N) is 3. The SMILES string of the molecule is Cn1cc(-c2cccc(O)c2)nn1. The molecule has 2 rings (SSSR count). The standard InChI is InChI=1S/C9H9N3O/c1-12-6-9(10-11-12)7-3-2-4-8(13)5-7/h2-6,13H,1H3. The van der Waals surface area contributed by atoms with Crippen LogP contribution in [0, 0.1) is 0 Å². The third-order valence-electron chi connectivity index (χ3n) is 1.74. The molecular weight excluding hydrogens is 166 g/mol. The highest BCUT2D eigenvalue weighted by atomic mass is 16.3. The van der Waals surface area contributed by atoms with Crippen molar-refractivity contribution in [3.8, 4) is 17.0 Å². The molecule has 2 aromatic rings. The van der Waals surface area contributed by atoms with Crippen LogP contribution in [-0.2, 0) is 7.05 Å². The quantitative estimate of drug-likeness (QED) is 0.708. The van der Waals surface area contributed by atoms with Gasteiger partial charge in [0, 0.05) is 12.6 Å².